The lowest BCUT2D eigenvalue weighted by Gasteiger charge is -2.41. The van der Waals surface area contributed by atoms with Crippen molar-refractivity contribution in [1.82, 2.24) is 0 Å². The van der Waals surface area contributed by atoms with Gasteiger partial charge in [0.05, 0.1) is 12.2 Å². The third kappa shape index (κ3) is 7.27. The molecule has 2 unspecified atom stereocenters. The van der Waals surface area contributed by atoms with Crippen LogP contribution in [0.3, 0.4) is 0 Å². The average Bonchev–Trinajstić information content (AvgIpc) is 2.33. The van der Waals surface area contributed by atoms with Crippen molar-refractivity contribution >= 4 is 0 Å². The fourth-order valence-corrected chi connectivity index (χ4v) is 2.18. The lowest BCUT2D eigenvalue weighted by Crippen LogP contribution is -2.41. The smallest absolute Gasteiger partial charge is 0.0603 e. The molecule has 0 aromatic rings. The van der Waals surface area contributed by atoms with Crippen LogP contribution in [0.1, 0.15) is 85.5 Å². The molecule has 2 aliphatic heterocycles. The summed E-state index contributed by atoms with van der Waals surface area (Å²) < 4.78 is 5.38. The highest BCUT2D eigenvalue weighted by Crippen LogP contribution is 2.33. The summed E-state index contributed by atoms with van der Waals surface area (Å²) in [5.74, 6) is 0. The maximum atomic E-state index is 5.38. The van der Waals surface area contributed by atoms with Crippen molar-refractivity contribution in [3.63, 3.8) is 0 Å². The van der Waals surface area contributed by atoms with Gasteiger partial charge in [-0.1, -0.05) is 59.8 Å². The molecule has 0 N–H and O–H groups in total. The Bertz CT molecular complexity index is 110. The molecule has 0 spiro atoms. The predicted molar refractivity (Wildman–Crippen MR) is 72.9 cm³/mol. The lowest BCUT2D eigenvalue weighted by atomic mass is 9.89. The summed E-state index contributed by atoms with van der Waals surface area (Å²) in [6.45, 7) is 8.49. The van der Waals surface area contributed by atoms with Crippen molar-refractivity contribution in [2.75, 3.05) is 0 Å². The number of hydrogen-bond donors (Lipinski definition) is 0. The van der Waals surface area contributed by atoms with E-state index in [0.29, 0.717) is 12.2 Å². The van der Waals surface area contributed by atoms with Gasteiger partial charge in [-0.25, -0.2) is 0 Å². The number of unbranched alkanes of at least 4 members (excludes halogenated alkanes) is 4. The molecule has 16 heavy (non-hydrogen) atoms. The second-order valence-corrected chi connectivity index (χ2v) is 4.61. The number of hydrogen-bond acceptors (Lipinski definition) is 1. The van der Waals surface area contributed by atoms with E-state index in [1.54, 1.807) is 0 Å². The zero-order valence-corrected chi connectivity index (χ0v) is 11.9. The average molecular weight is 228 g/mol. The van der Waals surface area contributed by atoms with E-state index in [-0.39, 0.29) is 0 Å². The zero-order valence-electron chi connectivity index (χ0n) is 11.9. The molecule has 1 saturated carbocycles. The van der Waals surface area contributed by atoms with E-state index in [9.17, 15) is 0 Å². The molecule has 2 saturated heterocycles. The number of fused-ring (bicyclic) bond motifs is 2. The summed E-state index contributed by atoms with van der Waals surface area (Å²) in [5, 5.41) is 0. The molecule has 1 heteroatoms. The molecule has 1 nitrogen and oxygen atoms in total. The summed E-state index contributed by atoms with van der Waals surface area (Å²) in [5.41, 5.74) is 0. The summed E-state index contributed by atoms with van der Waals surface area (Å²) in [4.78, 5) is 0. The third-order valence-corrected chi connectivity index (χ3v) is 3.17. The summed E-state index contributed by atoms with van der Waals surface area (Å²) in [7, 11) is 0. The van der Waals surface area contributed by atoms with Crippen LogP contribution in [0.2, 0.25) is 0 Å². The van der Waals surface area contributed by atoms with Gasteiger partial charge in [0.15, 0.2) is 0 Å². The first-order chi connectivity index (χ1) is 7.86. The molecular formula is C15H32O. The molecule has 3 fully saturated rings. The number of ether oxygens (including phenoxy) is 1. The fourth-order valence-electron chi connectivity index (χ4n) is 2.18. The van der Waals surface area contributed by atoms with Crippen LogP contribution in [0.5, 0.6) is 0 Å². The molecule has 0 aromatic heterocycles. The Balaban J connectivity index is 0.000000244. The van der Waals surface area contributed by atoms with Gasteiger partial charge in [0.25, 0.3) is 0 Å². The van der Waals surface area contributed by atoms with E-state index in [1.165, 1.54) is 57.8 Å². The zero-order chi connectivity index (χ0) is 12.2. The van der Waals surface area contributed by atoms with Crippen LogP contribution >= 0.6 is 0 Å². The molecule has 0 amide bonds. The van der Waals surface area contributed by atoms with Gasteiger partial charge in [0, 0.05) is 0 Å². The topological polar surface area (TPSA) is 9.23 Å². The first-order valence-electron chi connectivity index (χ1n) is 7.52. The second kappa shape index (κ2) is 11.4. The highest BCUT2D eigenvalue weighted by Gasteiger charge is 2.33. The van der Waals surface area contributed by atoms with E-state index in [2.05, 4.69) is 13.8 Å². The Kier molecular flexibility index (Phi) is 11.4. The van der Waals surface area contributed by atoms with Crippen molar-refractivity contribution in [3.8, 4) is 0 Å². The molecule has 1 aliphatic carbocycles. The van der Waals surface area contributed by atoms with Gasteiger partial charge in [-0.05, 0) is 25.7 Å². The highest BCUT2D eigenvalue weighted by molar-refractivity contribution is 4.82. The second-order valence-electron chi connectivity index (χ2n) is 4.61. The van der Waals surface area contributed by atoms with Gasteiger partial charge in [-0.15, -0.1) is 0 Å². The quantitative estimate of drug-likeness (QED) is 0.591. The minimum Gasteiger partial charge on any atom is -0.375 e. The highest BCUT2D eigenvalue weighted by atomic mass is 16.5. The molecule has 0 radical (unpaired) electrons. The Morgan fingerprint density at radius 3 is 1.50 bits per heavy atom. The van der Waals surface area contributed by atoms with E-state index < -0.39 is 0 Å². The van der Waals surface area contributed by atoms with Crippen LogP contribution in [0.4, 0.5) is 0 Å². The van der Waals surface area contributed by atoms with Crippen LogP contribution in [-0.2, 0) is 4.74 Å². The maximum Gasteiger partial charge on any atom is 0.0603 e. The van der Waals surface area contributed by atoms with Gasteiger partial charge < -0.3 is 4.74 Å². The van der Waals surface area contributed by atoms with Crippen molar-refractivity contribution in [3.05, 3.63) is 0 Å². The van der Waals surface area contributed by atoms with Crippen molar-refractivity contribution < 1.29 is 4.74 Å². The molecule has 98 valence electrons. The van der Waals surface area contributed by atoms with Crippen LogP contribution in [0.15, 0.2) is 0 Å². The predicted octanol–water partition coefficient (Wildman–Crippen LogP) is 5.33. The monoisotopic (exact) mass is 228 g/mol. The van der Waals surface area contributed by atoms with Crippen LogP contribution in [0.25, 0.3) is 0 Å². The van der Waals surface area contributed by atoms with Gasteiger partial charge in [-0.3, -0.25) is 0 Å². The van der Waals surface area contributed by atoms with Crippen molar-refractivity contribution in [2.45, 2.75) is 97.7 Å². The SMILES string of the molecule is C1CC2CC(C1)O2.CC.CCCCCCC. The molecule has 3 rings (SSSR count). The molecule has 2 heterocycles. The van der Waals surface area contributed by atoms with E-state index in [4.69, 9.17) is 4.74 Å². The van der Waals surface area contributed by atoms with E-state index in [0.717, 1.165) is 0 Å². The largest absolute Gasteiger partial charge is 0.375 e. The Hall–Kier alpha value is -0.0400. The Labute approximate surface area is 103 Å². The first kappa shape index (κ1) is 16.0. The summed E-state index contributed by atoms with van der Waals surface area (Å²) >= 11 is 0. The number of rotatable bonds is 4. The fraction of sp³-hybridized carbons (Fsp3) is 1.00. The summed E-state index contributed by atoms with van der Waals surface area (Å²) in [6, 6.07) is 0. The minimum absolute atomic E-state index is 0.679. The third-order valence-electron chi connectivity index (χ3n) is 3.17. The van der Waals surface area contributed by atoms with Crippen LogP contribution in [-0.4, -0.2) is 12.2 Å². The van der Waals surface area contributed by atoms with Gasteiger partial charge in [-0.2, -0.15) is 0 Å². The van der Waals surface area contributed by atoms with Gasteiger partial charge in [0.1, 0.15) is 0 Å². The standard InChI is InChI=1S/C7H16.C6H10O.C2H6/c1-3-5-7-6-4-2;1-2-5-4-6(3-1)7-5;1-2/h3-7H2,1-2H3;5-6H,1-4H2;1-2H3. The molecule has 2 bridgehead atoms. The normalized spacial score (nSPS) is 25.5. The van der Waals surface area contributed by atoms with Crippen LogP contribution < -0.4 is 0 Å². The Morgan fingerprint density at radius 1 is 0.875 bits per heavy atom. The molecule has 0 aromatic carbocycles. The lowest BCUT2D eigenvalue weighted by molar-refractivity contribution is -0.155. The Morgan fingerprint density at radius 2 is 1.31 bits per heavy atom. The van der Waals surface area contributed by atoms with Crippen molar-refractivity contribution in [2.24, 2.45) is 0 Å². The molecule has 2 atom stereocenters. The van der Waals surface area contributed by atoms with E-state index in [1.807, 2.05) is 13.8 Å². The maximum absolute atomic E-state index is 5.38. The summed E-state index contributed by atoms with van der Waals surface area (Å²) in [6.07, 6.45) is 13.8. The van der Waals surface area contributed by atoms with E-state index >= 15 is 0 Å². The van der Waals surface area contributed by atoms with Crippen LogP contribution in [0, 0.1) is 0 Å². The van der Waals surface area contributed by atoms with Gasteiger partial charge in [0.2, 0.25) is 0 Å². The molecule has 3 aliphatic rings. The first-order valence-corrected chi connectivity index (χ1v) is 7.52. The minimum atomic E-state index is 0.679. The van der Waals surface area contributed by atoms with Crippen molar-refractivity contribution in [1.29, 1.82) is 0 Å². The van der Waals surface area contributed by atoms with Gasteiger partial charge >= 0.3 is 0 Å². The molecular weight excluding hydrogens is 196 g/mol.